The quantitative estimate of drug-likeness (QED) is 0.370. The summed E-state index contributed by atoms with van der Waals surface area (Å²) in [5, 5.41) is 10.7. The van der Waals surface area contributed by atoms with Gasteiger partial charge in [-0.25, -0.2) is 9.36 Å². The molecule has 1 aromatic carbocycles. The summed E-state index contributed by atoms with van der Waals surface area (Å²) in [5.41, 5.74) is 0.303. The second kappa shape index (κ2) is 5.80. The predicted molar refractivity (Wildman–Crippen MR) is 70.3 cm³/mol. The highest BCUT2D eigenvalue weighted by molar-refractivity contribution is 7.71. The third-order valence-corrected chi connectivity index (χ3v) is 2.74. The first kappa shape index (κ1) is 14.2. The molecule has 0 saturated carbocycles. The zero-order valence-electron chi connectivity index (χ0n) is 10.4. The molecule has 2 rings (SSSR count). The lowest BCUT2D eigenvalue weighted by Gasteiger charge is -2.04. The van der Waals surface area contributed by atoms with Crippen molar-refractivity contribution in [1.29, 1.82) is 0 Å². The van der Waals surface area contributed by atoms with Crippen LogP contribution in [0.4, 0.5) is 10.5 Å². The summed E-state index contributed by atoms with van der Waals surface area (Å²) >= 11 is 4.91. The van der Waals surface area contributed by atoms with Crippen LogP contribution in [0.25, 0.3) is 11.1 Å². The zero-order valence-corrected chi connectivity index (χ0v) is 11.2. The second-order valence-corrected chi connectivity index (χ2v) is 4.07. The minimum Gasteiger partial charge on any atom is -0.446 e. The highest BCUT2D eigenvalue weighted by Gasteiger charge is 2.17. The molecule has 0 bridgehead atoms. The normalized spacial score (nSPS) is 10.7. The molecular weight excluding hydrogens is 288 g/mol. The molecule has 0 radical (unpaired) electrons. The summed E-state index contributed by atoms with van der Waals surface area (Å²) in [6.45, 7) is 0.317. The Hall–Kier alpha value is -2.26. The minimum absolute atomic E-state index is 0.0662. The number of nitrogens with zero attached hydrogens (tertiary/aromatic N) is 2. The Labute approximate surface area is 117 Å². The van der Waals surface area contributed by atoms with Gasteiger partial charge in [0.1, 0.15) is 6.61 Å². The van der Waals surface area contributed by atoms with Gasteiger partial charge in [-0.2, -0.15) is 0 Å². The van der Waals surface area contributed by atoms with Crippen molar-refractivity contribution in [3.8, 4) is 0 Å². The van der Waals surface area contributed by atoms with E-state index in [4.69, 9.17) is 26.1 Å². The molecule has 0 N–H and O–H groups in total. The van der Waals surface area contributed by atoms with E-state index >= 15 is 0 Å². The average molecular weight is 298 g/mol. The molecule has 0 amide bonds. The van der Waals surface area contributed by atoms with Crippen LogP contribution in [0.2, 0.25) is 0 Å². The number of nitro benzene ring substituents is 1. The van der Waals surface area contributed by atoms with Crippen molar-refractivity contribution >= 4 is 35.1 Å². The van der Waals surface area contributed by atoms with Gasteiger partial charge in [-0.3, -0.25) is 10.1 Å². The third-order valence-electron chi connectivity index (χ3n) is 2.47. The van der Waals surface area contributed by atoms with E-state index in [2.05, 4.69) is 0 Å². The molecule has 9 heteroatoms. The first-order chi connectivity index (χ1) is 9.54. The van der Waals surface area contributed by atoms with Crippen LogP contribution in [0, 0.1) is 15.0 Å². The van der Waals surface area contributed by atoms with Crippen molar-refractivity contribution in [2.24, 2.45) is 0 Å². The molecule has 0 spiro atoms. The van der Waals surface area contributed by atoms with Crippen LogP contribution < -0.4 is 0 Å². The maximum absolute atomic E-state index is 11.9. The molecule has 0 unspecified atom stereocenters. The molecule has 20 heavy (non-hydrogen) atoms. The number of rotatable bonds is 4. The molecule has 2 aromatic rings. The first-order valence-electron chi connectivity index (χ1n) is 5.50. The Balaban J connectivity index is 2.39. The smallest absolute Gasteiger partial charge is 0.422 e. The predicted octanol–water partition coefficient (Wildman–Crippen LogP) is 2.50. The van der Waals surface area contributed by atoms with E-state index in [1.165, 1.54) is 25.3 Å². The van der Waals surface area contributed by atoms with Gasteiger partial charge in [0.15, 0.2) is 5.58 Å². The molecule has 0 saturated heterocycles. The number of non-ortho nitro benzene ring substituents is 1. The number of carbonyl (C=O) groups is 1. The number of fused-ring (bicyclic) bond motifs is 1. The van der Waals surface area contributed by atoms with E-state index < -0.39 is 11.0 Å². The van der Waals surface area contributed by atoms with Crippen molar-refractivity contribution in [3.63, 3.8) is 0 Å². The monoisotopic (exact) mass is 298 g/mol. The second-order valence-electron chi connectivity index (χ2n) is 3.72. The van der Waals surface area contributed by atoms with Crippen LogP contribution in [0.3, 0.4) is 0 Å². The lowest BCUT2D eigenvalue weighted by molar-refractivity contribution is -0.384. The number of benzene rings is 1. The Morgan fingerprint density at radius 2 is 2.25 bits per heavy atom. The van der Waals surface area contributed by atoms with Crippen LogP contribution in [-0.4, -0.2) is 35.9 Å². The van der Waals surface area contributed by atoms with Crippen molar-refractivity contribution in [3.05, 3.63) is 33.2 Å². The van der Waals surface area contributed by atoms with Crippen molar-refractivity contribution in [2.75, 3.05) is 20.3 Å². The minimum atomic E-state index is -0.723. The fourth-order valence-electron chi connectivity index (χ4n) is 1.57. The Morgan fingerprint density at radius 1 is 1.50 bits per heavy atom. The molecule has 1 aromatic heterocycles. The van der Waals surface area contributed by atoms with Gasteiger partial charge in [0.2, 0.25) is 0 Å². The molecule has 0 fully saturated rings. The number of hydrogen-bond donors (Lipinski definition) is 0. The van der Waals surface area contributed by atoms with Crippen molar-refractivity contribution < 1.29 is 23.6 Å². The molecule has 0 aliphatic carbocycles. The zero-order chi connectivity index (χ0) is 14.7. The topological polar surface area (TPSA) is 96.7 Å². The lowest BCUT2D eigenvalue weighted by Crippen LogP contribution is -2.16. The molecule has 1 heterocycles. The van der Waals surface area contributed by atoms with Gasteiger partial charge >= 0.3 is 6.09 Å². The molecule has 0 atom stereocenters. The van der Waals surface area contributed by atoms with E-state index in [1.807, 2.05) is 0 Å². The maximum atomic E-state index is 11.9. The van der Waals surface area contributed by atoms with Gasteiger partial charge in [-0.15, -0.1) is 0 Å². The van der Waals surface area contributed by atoms with Crippen LogP contribution in [-0.2, 0) is 9.47 Å². The van der Waals surface area contributed by atoms with Gasteiger partial charge in [0, 0.05) is 13.2 Å². The Morgan fingerprint density at radius 3 is 2.90 bits per heavy atom. The number of carbonyl (C=O) groups excluding carboxylic acids is 1. The number of methoxy groups -OCH3 is 1. The Bertz CT molecular complexity index is 719. The SMILES string of the molecule is COCCOC(=O)n1c(=S)oc2cc([N+](=O)[O-])ccc21. The number of aromatic nitrogens is 1. The lowest BCUT2D eigenvalue weighted by atomic mass is 10.3. The largest absolute Gasteiger partial charge is 0.446 e. The average Bonchev–Trinajstić information content (AvgIpc) is 2.73. The standard InChI is InChI=1S/C11H10N2O6S/c1-17-4-5-18-10(14)12-8-3-2-7(13(15)16)6-9(8)19-11(12)20/h2-3,6H,4-5H2,1H3. The molecule has 0 aliphatic heterocycles. The van der Waals surface area contributed by atoms with E-state index in [0.717, 1.165) is 4.57 Å². The molecule has 106 valence electrons. The molecule has 8 nitrogen and oxygen atoms in total. The van der Waals surface area contributed by atoms with Gasteiger partial charge in [0.25, 0.3) is 10.5 Å². The summed E-state index contributed by atoms with van der Waals surface area (Å²) in [4.78, 5) is 21.8. The first-order valence-corrected chi connectivity index (χ1v) is 5.91. The highest BCUT2D eigenvalue weighted by Crippen LogP contribution is 2.23. The summed E-state index contributed by atoms with van der Waals surface area (Å²) in [6.07, 6.45) is -0.723. The van der Waals surface area contributed by atoms with Crippen LogP contribution in [0.1, 0.15) is 0 Å². The maximum Gasteiger partial charge on any atom is 0.422 e. The number of hydrogen-bond acceptors (Lipinski definition) is 7. The van der Waals surface area contributed by atoms with Crippen molar-refractivity contribution in [1.82, 2.24) is 4.57 Å². The Kier molecular flexibility index (Phi) is 4.11. The number of ether oxygens (including phenoxy) is 2. The summed E-state index contributed by atoms with van der Waals surface area (Å²) < 4.78 is 15.9. The van der Waals surface area contributed by atoms with E-state index in [-0.39, 0.29) is 29.3 Å². The molecular formula is C11H10N2O6S. The number of oxazole rings is 1. The van der Waals surface area contributed by atoms with E-state index in [1.54, 1.807) is 0 Å². The fourth-order valence-corrected chi connectivity index (χ4v) is 1.83. The van der Waals surface area contributed by atoms with Crippen molar-refractivity contribution in [2.45, 2.75) is 0 Å². The van der Waals surface area contributed by atoms with Gasteiger partial charge < -0.3 is 13.9 Å². The third kappa shape index (κ3) is 2.68. The van der Waals surface area contributed by atoms with Crippen LogP contribution in [0.15, 0.2) is 22.6 Å². The van der Waals surface area contributed by atoms with E-state index in [0.29, 0.717) is 5.52 Å². The van der Waals surface area contributed by atoms with Gasteiger partial charge in [-0.1, -0.05) is 0 Å². The fraction of sp³-hybridized carbons (Fsp3) is 0.273. The summed E-state index contributed by atoms with van der Waals surface area (Å²) in [5.74, 6) is 0. The summed E-state index contributed by atoms with van der Waals surface area (Å²) in [7, 11) is 1.48. The van der Waals surface area contributed by atoms with Gasteiger partial charge in [-0.05, 0) is 18.3 Å². The number of nitro groups is 1. The summed E-state index contributed by atoms with van der Waals surface area (Å²) in [6, 6.07) is 3.83. The van der Waals surface area contributed by atoms with E-state index in [9.17, 15) is 14.9 Å². The van der Waals surface area contributed by atoms with Crippen LogP contribution >= 0.6 is 12.2 Å². The highest BCUT2D eigenvalue weighted by atomic mass is 32.1. The van der Waals surface area contributed by atoms with Gasteiger partial charge in [0.05, 0.1) is 23.1 Å². The molecule has 0 aliphatic rings. The van der Waals surface area contributed by atoms with Crippen LogP contribution in [0.5, 0.6) is 0 Å².